The highest BCUT2D eigenvalue weighted by Gasteiger charge is 2.21. The molecule has 0 radical (unpaired) electrons. The normalized spacial score (nSPS) is 11.3. The van der Waals surface area contributed by atoms with Gasteiger partial charge in [-0.2, -0.15) is 0 Å². The molecule has 0 unspecified atom stereocenters. The van der Waals surface area contributed by atoms with Crippen molar-refractivity contribution in [1.29, 1.82) is 0 Å². The van der Waals surface area contributed by atoms with Gasteiger partial charge in [0.25, 0.3) is 15.9 Å². The van der Waals surface area contributed by atoms with Crippen LogP contribution in [-0.4, -0.2) is 14.3 Å². The van der Waals surface area contributed by atoms with Gasteiger partial charge in [-0.15, -0.1) is 0 Å². The Kier molecular flexibility index (Phi) is 4.75. The summed E-state index contributed by atoms with van der Waals surface area (Å²) >= 11 is 11.3. The van der Waals surface area contributed by atoms with Gasteiger partial charge < -0.3 is 0 Å². The zero-order chi connectivity index (χ0) is 16.5. The summed E-state index contributed by atoms with van der Waals surface area (Å²) in [6.07, 6.45) is 0. The second-order valence-electron chi connectivity index (χ2n) is 4.47. The predicted molar refractivity (Wildman–Crippen MR) is 82.3 cm³/mol. The molecule has 2 rings (SSSR count). The maximum Gasteiger partial charge on any atom is 0.265 e. The van der Waals surface area contributed by atoms with Crippen molar-refractivity contribution in [1.82, 2.24) is 4.72 Å². The average molecular weight is 362 g/mol. The summed E-state index contributed by atoms with van der Waals surface area (Å²) in [5, 5.41) is 0.0835. The van der Waals surface area contributed by atoms with Crippen LogP contribution in [-0.2, 0) is 10.0 Å². The van der Waals surface area contributed by atoms with Crippen molar-refractivity contribution in [3.8, 4) is 0 Å². The van der Waals surface area contributed by atoms with Crippen LogP contribution in [0.2, 0.25) is 10.0 Å². The molecule has 8 heteroatoms. The molecule has 0 saturated carbocycles. The monoisotopic (exact) mass is 361 g/mol. The number of hydrogen-bond acceptors (Lipinski definition) is 3. The molecule has 0 heterocycles. The highest BCUT2D eigenvalue weighted by molar-refractivity contribution is 7.90. The first-order valence-corrected chi connectivity index (χ1v) is 8.23. The van der Waals surface area contributed by atoms with E-state index in [9.17, 15) is 17.6 Å². The highest BCUT2D eigenvalue weighted by Crippen LogP contribution is 2.20. The van der Waals surface area contributed by atoms with Crippen molar-refractivity contribution >= 4 is 39.1 Å². The second-order valence-corrected chi connectivity index (χ2v) is 7.00. The summed E-state index contributed by atoms with van der Waals surface area (Å²) in [4.78, 5) is 11.8. The van der Waals surface area contributed by atoms with Gasteiger partial charge in [-0.25, -0.2) is 17.5 Å². The van der Waals surface area contributed by atoms with Crippen LogP contribution in [0.25, 0.3) is 0 Å². The summed E-state index contributed by atoms with van der Waals surface area (Å²) in [7, 11) is -4.16. The zero-order valence-corrected chi connectivity index (χ0v) is 13.6. The minimum atomic E-state index is -4.16. The number of carbonyl (C=O) groups excluding carboxylic acids is 1. The number of nitrogens with one attached hydrogen (secondary N) is 1. The lowest BCUT2D eigenvalue weighted by Gasteiger charge is -2.09. The van der Waals surface area contributed by atoms with Crippen LogP contribution in [0.5, 0.6) is 0 Å². The molecule has 0 aliphatic rings. The number of halogens is 3. The third-order valence-electron chi connectivity index (χ3n) is 2.86. The van der Waals surface area contributed by atoms with E-state index < -0.39 is 21.7 Å². The minimum absolute atomic E-state index is 0.168. The summed E-state index contributed by atoms with van der Waals surface area (Å²) < 4.78 is 39.2. The Bertz CT molecular complexity index is 853. The fourth-order valence-corrected chi connectivity index (χ4v) is 3.23. The molecule has 22 heavy (non-hydrogen) atoms. The lowest BCUT2D eigenvalue weighted by molar-refractivity contribution is 0.0981. The van der Waals surface area contributed by atoms with Gasteiger partial charge in [-0.05, 0) is 48.9 Å². The number of benzene rings is 2. The molecule has 0 aliphatic carbocycles. The second kappa shape index (κ2) is 6.24. The fraction of sp³-hybridized carbons (Fsp3) is 0.0714. The van der Waals surface area contributed by atoms with Gasteiger partial charge in [0, 0.05) is 10.6 Å². The smallest absolute Gasteiger partial charge is 0.265 e. The Labute approximate surface area is 136 Å². The molecular weight excluding hydrogens is 352 g/mol. The number of carbonyl (C=O) groups is 1. The summed E-state index contributed by atoms with van der Waals surface area (Å²) in [5.74, 6) is -1.56. The van der Waals surface area contributed by atoms with Gasteiger partial charge in [0.2, 0.25) is 0 Å². The number of rotatable bonds is 3. The highest BCUT2D eigenvalue weighted by atomic mass is 35.5. The number of sulfonamides is 1. The van der Waals surface area contributed by atoms with E-state index in [2.05, 4.69) is 0 Å². The molecule has 1 N–H and O–H groups in total. The topological polar surface area (TPSA) is 63.2 Å². The summed E-state index contributed by atoms with van der Waals surface area (Å²) in [6.45, 7) is 1.63. The van der Waals surface area contributed by atoms with Crippen LogP contribution in [0.15, 0.2) is 41.3 Å². The van der Waals surface area contributed by atoms with Crippen molar-refractivity contribution in [3.05, 3.63) is 63.4 Å². The molecule has 4 nitrogen and oxygen atoms in total. The maximum atomic E-state index is 13.1. The molecule has 2 aromatic carbocycles. The number of aryl methyl sites for hydroxylation is 1. The largest absolute Gasteiger partial charge is 0.268 e. The van der Waals surface area contributed by atoms with Gasteiger partial charge in [0.05, 0.1) is 9.92 Å². The van der Waals surface area contributed by atoms with Crippen molar-refractivity contribution in [2.45, 2.75) is 11.8 Å². The van der Waals surface area contributed by atoms with Gasteiger partial charge in [-0.1, -0.05) is 23.2 Å². The number of hydrogen-bond donors (Lipinski definition) is 1. The zero-order valence-electron chi connectivity index (χ0n) is 11.2. The first-order valence-electron chi connectivity index (χ1n) is 5.99. The standard InChI is InChI=1S/C14H10Cl2FNO3S/c1-8-6-9(15)2-4-11(8)14(19)18-22(20,21)10-3-5-13(17)12(16)7-10/h2-7H,1H3,(H,18,19). The van der Waals surface area contributed by atoms with Gasteiger partial charge in [0.1, 0.15) is 5.82 Å². The fourth-order valence-electron chi connectivity index (χ4n) is 1.76. The van der Waals surface area contributed by atoms with Gasteiger partial charge in [-0.3, -0.25) is 4.79 Å². The molecule has 2 aromatic rings. The Morgan fingerprint density at radius 3 is 2.41 bits per heavy atom. The van der Waals surface area contributed by atoms with E-state index in [1.165, 1.54) is 18.2 Å². The minimum Gasteiger partial charge on any atom is -0.268 e. The van der Waals surface area contributed by atoms with E-state index in [1.807, 2.05) is 4.72 Å². The lowest BCUT2D eigenvalue weighted by atomic mass is 10.1. The Balaban J connectivity index is 2.31. The van der Waals surface area contributed by atoms with E-state index in [1.54, 1.807) is 6.92 Å². The third kappa shape index (κ3) is 3.58. The Morgan fingerprint density at radius 1 is 1.14 bits per heavy atom. The molecule has 0 bridgehead atoms. The molecule has 0 aliphatic heterocycles. The molecule has 0 atom stereocenters. The van der Waals surface area contributed by atoms with Crippen molar-refractivity contribution in [3.63, 3.8) is 0 Å². The molecule has 0 aromatic heterocycles. The summed E-state index contributed by atoms with van der Waals surface area (Å²) in [6, 6.07) is 7.30. The van der Waals surface area contributed by atoms with E-state index in [-0.39, 0.29) is 15.5 Å². The van der Waals surface area contributed by atoms with E-state index in [0.29, 0.717) is 10.6 Å². The van der Waals surface area contributed by atoms with Crippen LogP contribution in [0, 0.1) is 12.7 Å². The maximum absolute atomic E-state index is 13.1. The van der Waals surface area contributed by atoms with Crippen LogP contribution < -0.4 is 4.72 Å². The molecule has 0 fully saturated rings. The Hall–Kier alpha value is -1.63. The van der Waals surface area contributed by atoms with Crippen LogP contribution in [0.4, 0.5) is 4.39 Å². The quantitative estimate of drug-likeness (QED) is 0.908. The SMILES string of the molecule is Cc1cc(Cl)ccc1C(=O)NS(=O)(=O)c1ccc(F)c(Cl)c1. The lowest BCUT2D eigenvalue weighted by Crippen LogP contribution is -2.31. The summed E-state index contributed by atoms with van der Waals surface area (Å²) in [5.41, 5.74) is 0.693. The molecule has 116 valence electrons. The van der Waals surface area contributed by atoms with E-state index in [4.69, 9.17) is 23.2 Å². The van der Waals surface area contributed by atoms with Crippen LogP contribution in [0.3, 0.4) is 0 Å². The first kappa shape index (κ1) is 16.7. The van der Waals surface area contributed by atoms with E-state index in [0.717, 1.165) is 18.2 Å². The third-order valence-corrected chi connectivity index (χ3v) is 4.71. The predicted octanol–water partition coefficient (Wildman–Crippen LogP) is 3.56. The van der Waals surface area contributed by atoms with Crippen molar-refractivity contribution < 1.29 is 17.6 Å². The van der Waals surface area contributed by atoms with Gasteiger partial charge >= 0.3 is 0 Å². The van der Waals surface area contributed by atoms with Gasteiger partial charge in [0.15, 0.2) is 0 Å². The molecule has 0 saturated heterocycles. The molecular formula is C14H10Cl2FNO3S. The first-order chi connectivity index (χ1) is 10.2. The Morgan fingerprint density at radius 2 is 1.82 bits per heavy atom. The molecule has 0 spiro atoms. The van der Waals surface area contributed by atoms with Crippen molar-refractivity contribution in [2.24, 2.45) is 0 Å². The van der Waals surface area contributed by atoms with Crippen molar-refractivity contribution in [2.75, 3.05) is 0 Å². The van der Waals surface area contributed by atoms with Crippen LogP contribution >= 0.6 is 23.2 Å². The number of amides is 1. The van der Waals surface area contributed by atoms with Crippen LogP contribution in [0.1, 0.15) is 15.9 Å². The van der Waals surface area contributed by atoms with E-state index >= 15 is 0 Å². The molecule has 1 amide bonds. The average Bonchev–Trinajstić information content (AvgIpc) is 2.40.